The molecule has 0 spiro atoms. The van der Waals surface area contributed by atoms with Gasteiger partial charge in [-0.05, 0) is 30.0 Å². The number of thiophene rings is 1. The van der Waals surface area contributed by atoms with E-state index >= 15 is 0 Å². The van der Waals surface area contributed by atoms with Gasteiger partial charge >= 0.3 is 0 Å². The molecule has 0 fully saturated rings. The Hall–Kier alpha value is -1.40. The van der Waals surface area contributed by atoms with E-state index in [-0.39, 0.29) is 5.56 Å². The lowest BCUT2D eigenvalue weighted by atomic mass is 10.1. The first kappa shape index (κ1) is 8.21. The third kappa shape index (κ3) is 1.11. The molecule has 2 aromatic rings. The van der Waals surface area contributed by atoms with Crippen LogP contribution in [0, 0.1) is 24.1 Å². The first-order valence-corrected chi connectivity index (χ1v) is 4.68. The molecule has 2 rings (SSSR count). The van der Waals surface area contributed by atoms with Gasteiger partial charge in [-0.1, -0.05) is 0 Å². The summed E-state index contributed by atoms with van der Waals surface area (Å²) in [5.41, 5.74) is 1.13. The van der Waals surface area contributed by atoms with E-state index in [2.05, 4.69) is 0 Å². The zero-order valence-electron chi connectivity index (χ0n) is 6.97. The maximum Gasteiger partial charge on any atom is 0.141 e. The molecule has 0 aliphatic heterocycles. The van der Waals surface area contributed by atoms with Crippen molar-refractivity contribution < 1.29 is 4.39 Å². The summed E-state index contributed by atoms with van der Waals surface area (Å²) in [6, 6.07) is 4.95. The number of fused-ring (bicyclic) bond motifs is 1. The second kappa shape index (κ2) is 2.82. The number of hydrogen-bond acceptors (Lipinski definition) is 2. The summed E-state index contributed by atoms with van der Waals surface area (Å²) in [5, 5.41) is 11.5. The summed E-state index contributed by atoms with van der Waals surface area (Å²) in [7, 11) is 0. The molecule has 0 unspecified atom stereocenters. The number of aryl methyl sites for hydroxylation is 1. The van der Waals surface area contributed by atoms with E-state index in [9.17, 15) is 4.39 Å². The molecule has 0 bridgehead atoms. The molecule has 3 heteroatoms. The quantitative estimate of drug-likeness (QED) is 0.627. The Morgan fingerprint density at radius 1 is 1.46 bits per heavy atom. The molecule has 0 N–H and O–H groups in total. The van der Waals surface area contributed by atoms with Gasteiger partial charge in [-0.25, -0.2) is 4.39 Å². The van der Waals surface area contributed by atoms with Gasteiger partial charge in [0.05, 0.1) is 5.56 Å². The Morgan fingerprint density at radius 2 is 2.23 bits per heavy atom. The topological polar surface area (TPSA) is 23.8 Å². The highest BCUT2D eigenvalue weighted by Gasteiger charge is 2.09. The SMILES string of the molecule is Cc1csc2ccc(F)c(C#N)c12. The van der Waals surface area contributed by atoms with Crippen LogP contribution in [0.3, 0.4) is 0 Å². The summed E-state index contributed by atoms with van der Waals surface area (Å²) in [4.78, 5) is 0. The van der Waals surface area contributed by atoms with Gasteiger partial charge in [0.25, 0.3) is 0 Å². The van der Waals surface area contributed by atoms with Crippen LogP contribution >= 0.6 is 11.3 Å². The molecule has 0 aliphatic rings. The number of nitrogens with zero attached hydrogens (tertiary/aromatic N) is 1. The van der Waals surface area contributed by atoms with Gasteiger partial charge in [-0.3, -0.25) is 0 Å². The van der Waals surface area contributed by atoms with Gasteiger partial charge in [0.1, 0.15) is 11.9 Å². The Kier molecular flexibility index (Phi) is 1.78. The fourth-order valence-corrected chi connectivity index (χ4v) is 2.32. The summed E-state index contributed by atoms with van der Waals surface area (Å²) >= 11 is 1.53. The third-order valence-corrected chi connectivity index (χ3v) is 3.05. The van der Waals surface area contributed by atoms with Crippen LogP contribution in [-0.2, 0) is 0 Å². The van der Waals surface area contributed by atoms with E-state index in [1.165, 1.54) is 17.4 Å². The Labute approximate surface area is 79.0 Å². The molecule has 0 aliphatic carbocycles. The van der Waals surface area contributed by atoms with Crippen molar-refractivity contribution in [1.29, 1.82) is 5.26 Å². The van der Waals surface area contributed by atoms with Crippen molar-refractivity contribution in [3.8, 4) is 6.07 Å². The Morgan fingerprint density at radius 3 is 2.92 bits per heavy atom. The lowest BCUT2D eigenvalue weighted by Crippen LogP contribution is -1.84. The first-order valence-electron chi connectivity index (χ1n) is 3.80. The monoisotopic (exact) mass is 191 g/mol. The Bertz CT molecular complexity index is 507. The molecular formula is C10H6FNS. The molecule has 0 radical (unpaired) electrons. The highest BCUT2D eigenvalue weighted by atomic mass is 32.1. The highest BCUT2D eigenvalue weighted by molar-refractivity contribution is 7.17. The van der Waals surface area contributed by atoms with Crippen molar-refractivity contribution in [2.75, 3.05) is 0 Å². The van der Waals surface area contributed by atoms with Crippen LogP contribution in [0.4, 0.5) is 4.39 Å². The van der Waals surface area contributed by atoms with Crippen LogP contribution in [-0.4, -0.2) is 0 Å². The van der Waals surface area contributed by atoms with E-state index in [0.29, 0.717) is 0 Å². The number of hydrogen-bond donors (Lipinski definition) is 0. The van der Waals surface area contributed by atoms with Gasteiger partial charge in [0.15, 0.2) is 0 Å². The molecule has 0 saturated heterocycles. The van der Waals surface area contributed by atoms with E-state index in [0.717, 1.165) is 15.6 Å². The van der Waals surface area contributed by atoms with E-state index in [1.807, 2.05) is 18.4 Å². The van der Waals surface area contributed by atoms with E-state index in [1.54, 1.807) is 6.07 Å². The van der Waals surface area contributed by atoms with E-state index < -0.39 is 5.82 Å². The standard InChI is InChI=1S/C10H6FNS/c1-6-5-13-9-3-2-8(11)7(4-12)10(6)9/h2-3,5H,1H3. The number of rotatable bonds is 0. The van der Waals surface area contributed by atoms with Gasteiger partial charge in [-0.15, -0.1) is 11.3 Å². The molecule has 1 aromatic heterocycles. The van der Waals surface area contributed by atoms with Crippen LogP contribution in [0.25, 0.3) is 10.1 Å². The first-order chi connectivity index (χ1) is 6.24. The van der Waals surface area contributed by atoms with Gasteiger partial charge < -0.3 is 0 Å². The largest absolute Gasteiger partial charge is 0.206 e. The zero-order chi connectivity index (χ0) is 9.42. The third-order valence-electron chi connectivity index (χ3n) is 1.99. The zero-order valence-corrected chi connectivity index (χ0v) is 7.78. The molecule has 0 saturated carbocycles. The maximum absolute atomic E-state index is 13.2. The molecule has 1 heterocycles. The predicted octanol–water partition coefficient (Wildman–Crippen LogP) is 3.22. The van der Waals surface area contributed by atoms with Crippen LogP contribution in [0.15, 0.2) is 17.5 Å². The second-order valence-corrected chi connectivity index (χ2v) is 3.74. The molecular weight excluding hydrogens is 185 g/mol. The molecule has 13 heavy (non-hydrogen) atoms. The van der Waals surface area contributed by atoms with Crippen LogP contribution in [0.1, 0.15) is 11.1 Å². The summed E-state index contributed by atoms with van der Waals surface area (Å²) in [6.45, 7) is 1.89. The minimum Gasteiger partial charge on any atom is -0.206 e. The predicted molar refractivity (Wildman–Crippen MR) is 51.2 cm³/mol. The summed E-state index contributed by atoms with van der Waals surface area (Å²) in [5.74, 6) is -0.434. The smallest absolute Gasteiger partial charge is 0.141 e. The van der Waals surface area contributed by atoms with E-state index in [4.69, 9.17) is 5.26 Å². The molecule has 64 valence electrons. The number of halogens is 1. The fraction of sp³-hybridized carbons (Fsp3) is 0.100. The number of nitriles is 1. The average Bonchev–Trinajstić information content (AvgIpc) is 2.49. The van der Waals surface area contributed by atoms with Crippen molar-refractivity contribution in [3.05, 3.63) is 34.5 Å². The maximum atomic E-state index is 13.2. The van der Waals surface area contributed by atoms with Crippen LogP contribution < -0.4 is 0 Å². The number of benzene rings is 1. The van der Waals surface area contributed by atoms with Crippen LogP contribution in [0.5, 0.6) is 0 Å². The van der Waals surface area contributed by atoms with Crippen molar-refractivity contribution in [1.82, 2.24) is 0 Å². The minimum absolute atomic E-state index is 0.163. The Balaban J connectivity index is 2.99. The van der Waals surface area contributed by atoms with Crippen molar-refractivity contribution >= 4 is 21.4 Å². The summed E-state index contributed by atoms with van der Waals surface area (Å²) in [6.07, 6.45) is 0. The highest BCUT2D eigenvalue weighted by Crippen LogP contribution is 2.29. The van der Waals surface area contributed by atoms with Gasteiger partial charge in [0, 0.05) is 10.1 Å². The van der Waals surface area contributed by atoms with Crippen molar-refractivity contribution in [2.45, 2.75) is 6.92 Å². The lowest BCUT2D eigenvalue weighted by Gasteiger charge is -1.96. The minimum atomic E-state index is -0.434. The molecule has 0 atom stereocenters. The van der Waals surface area contributed by atoms with Crippen molar-refractivity contribution in [3.63, 3.8) is 0 Å². The van der Waals surface area contributed by atoms with Crippen LogP contribution in [0.2, 0.25) is 0 Å². The summed E-state index contributed by atoms with van der Waals surface area (Å²) < 4.78 is 14.1. The molecule has 1 aromatic carbocycles. The molecule has 0 amide bonds. The fourth-order valence-electron chi connectivity index (χ4n) is 1.37. The lowest BCUT2D eigenvalue weighted by molar-refractivity contribution is 0.626. The van der Waals surface area contributed by atoms with Gasteiger partial charge in [-0.2, -0.15) is 5.26 Å². The van der Waals surface area contributed by atoms with Gasteiger partial charge in [0.2, 0.25) is 0 Å². The van der Waals surface area contributed by atoms with Crippen molar-refractivity contribution in [2.24, 2.45) is 0 Å². The normalized spacial score (nSPS) is 10.2. The second-order valence-electron chi connectivity index (χ2n) is 2.83. The average molecular weight is 191 g/mol. The molecule has 1 nitrogen and oxygen atoms in total.